The van der Waals surface area contributed by atoms with Crippen LogP contribution in [0.15, 0.2) is 48.9 Å². The van der Waals surface area contributed by atoms with Gasteiger partial charge < -0.3 is 19.5 Å². The summed E-state index contributed by atoms with van der Waals surface area (Å²) in [6.45, 7) is 5.43. The highest BCUT2D eigenvalue weighted by molar-refractivity contribution is 6.24. The number of imide groups is 2. The lowest BCUT2D eigenvalue weighted by Gasteiger charge is -2.29. The van der Waals surface area contributed by atoms with E-state index in [-0.39, 0.29) is 49.7 Å². The third-order valence-electron chi connectivity index (χ3n) is 11.3. The van der Waals surface area contributed by atoms with E-state index in [1.165, 1.54) is 12.4 Å². The number of unbranched alkanes of at least 4 members (excludes halogenated alkanes) is 2. The predicted octanol–water partition coefficient (Wildman–Crippen LogP) is 5.60. The molecular weight excluding hydrogens is 800 g/mol. The van der Waals surface area contributed by atoms with Gasteiger partial charge >= 0.3 is 0 Å². The van der Waals surface area contributed by atoms with E-state index in [1.54, 1.807) is 49.0 Å². The van der Waals surface area contributed by atoms with Gasteiger partial charge in [0.05, 0.1) is 53.0 Å². The van der Waals surface area contributed by atoms with Crippen molar-refractivity contribution in [3.05, 3.63) is 76.7 Å². The van der Waals surface area contributed by atoms with Gasteiger partial charge in [-0.05, 0) is 89.3 Å². The van der Waals surface area contributed by atoms with Crippen molar-refractivity contribution < 1.29 is 42.6 Å². The summed E-state index contributed by atoms with van der Waals surface area (Å²) in [4.78, 5) is 73.6. The zero-order valence-electron chi connectivity index (χ0n) is 35.0. The summed E-state index contributed by atoms with van der Waals surface area (Å²) >= 11 is 0. The Morgan fingerprint density at radius 3 is 2.50 bits per heavy atom. The van der Waals surface area contributed by atoms with Crippen LogP contribution in [0.2, 0.25) is 0 Å². The minimum atomic E-state index is -1.39. The van der Waals surface area contributed by atoms with Crippen molar-refractivity contribution in [1.29, 1.82) is 5.26 Å². The van der Waals surface area contributed by atoms with Crippen LogP contribution in [0.5, 0.6) is 0 Å². The van der Waals surface area contributed by atoms with Crippen LogP contribution in [0, 0.1) is 11.3 Å². The Kier molecular flexibility index (Phi) is 14.1. The molecule has 17 heteroatoms. The Labute approximate surface area is 358 Å². The van der Waals surface area contributed by atoms with E-state index in [0.717, 1.165) is 42.6 Å². The molecule has 0 radical (unpaired) electrons. The molecule has 7 rings (SSSR count). The van der Waals surface area contributed by atoms with Crippen LogP contribution in [-0.4, -0.2) is 111 Å². The van der Waals surface area contributed by atoms with Crippen molar-refractivity contribution in [3.8, 4) is 11.9 Å². The van der Waals surface area contributed by atoms with Gasteiger partial charge in [-0.25, -0.2) is 14.4 Å². The van der Waals surface area contributed by atoms with Gasteiger partial charge in [0.2, 0.25) is 11.8 Å². The second kappa shape index (κ2) is 19.8. The molecule has 2 atom stereocenters. The Bertz CT molecular complexity index is 2370. The molecule has 3 aromatic heterocycles. The average molecular weight is 851 g/mol. The maximum absolute atomic E-state index is 15.5. The van der Waals surface area contributed by atoms with Crippen molar-refractivity contribution in [3.63, 3.8) is 0 Å². The fourth-order valence-electron chi connectivity index (χ4n) is 7.64. The van der Waals surface area contributed by atoms with Gasteiger partial charge in [-0.3, -0.25) is 34.2 Å². The average Bonchev–Trinajstić information content (AvgIpc) is 3.92. The molecule has 2 N–H and O–H groups in total. The molecular formula is C45H51FN8O8. The Morgan fingerprint density at radius 1 is 0.968 bits per heavy atom. The fraction of sp³-hybridized carbons (Fsp3) is 0.489. The van der Waals surface area contributed by atoms with E-state index in [1.807, 2.05) is 6.07 Å². The van der Waals surface area contributed by atoms with Gasteiger partial charge in [0.1, 0.15) is 18.3 Å². The number of benzene rings is 1. The number of hydrogen-bond acceptors (Lipinski definition) is 13. The van der Waals surface area contributed by atoms with E-state index in [2.05, 4.69) is 31.8 Å². The number of hydrogen-bond donors (Lipinski definition) is 2. The molecule has 2 fully saturated rings. The Balaban J connectivity index is 0.756. The number of halogens is 1. The maximum Gasteiger partial charge on any atom is 0.262 e. The minimum absolute atomic E-state index is 0.0194. The predicted molar refractivity (Wildman–Crippen MR) is 223 cm³/mol. The Hall–Kier alpha value is -5.96. The number of fused-ring (bicyclic) bond motifs is 2. The molecule has 4 aromatic rings. The number of pyridine rings is 2. The minimum Gasteiger partial charge on any atom is -0.382 e. The van der Waals surface area contributed by atoms with Crippen molar-refractivity contribution >= 4 is 46.1 Å². The number of ether oxygens (including phenoxy) is 3. The number of nitrogens with one attached hydrogen (secondary N) is 2. The fourth-order valence-corrected chi connectivity index (χ4v) is 7.64. The van der Waals surface area contributed by atoms with Crippen LogP contribution < -0.4 is 10.6 Å². The summed E-state index contributed by atoms with van der Waals surface area (Å²) in [5, 5.41) is 19.9. The second-order valence-electron chi connectivity index (χ2n) is 16.4. The van der Waals surface area contributed by atoms with Crippen molar-refractivity contribution in [1.82, 2.24) is 30.0 Å². The Morgan fingerprint density at radius 2 is 1.74 bits per heavy atom. The first kappa shape index (κ1) is 44.1. The number of piperidine rings is 1. The number of carbonyl (C=O) groups excluding carboxylic acids is 5. The number of anilines is 1. The van der Waals surface area contributed by atoms with Gasteiger partial charge in [0, 0.05) is 62.6 Å². The molecule has 1 saturated carbocycles. The number of alkyl halides is 1. The zero-order chi connectivity index (χ0) is 43.8. The van der Waals surface area contributed by atoms with Crippen LogP contribution in [0.3, 0.4) is 0 Å². The van der Waals surface area contributed by atoms with E-state index >= 15 is 4.39 Å². The monoisotopic (exact) mass is 850 g/mol. The van der Waals surface area contributed by atoms with Gasteiger partial charge in [-0.1, -0.05) is 12.1 Å². The molecule has 62 heavy (non-hydrogen) atoms. The first-order valence-corrected chi connectivity index (χ1v) is 21.3. The van der Waals surface area contributed by atoms with Crippen LogP contribution in [0.4, 0.5) is 10.1 Å². The molecule has 16 nitrogen and oxygen atoms in total. The molecule has 0 bridgehead atoms. The SMILES string of the molecule is CC(C)(OCCOCCCCCOCCCc1cccc2c1C(=O)N(C1CCC(=O)NC1=O)C2=O)C(F)CCC(=O)c1cnc(-n2ncc3cc(C#N)cnc32)cc1NC1CC1. The smallest absolute Gasteiger partial charge is 0.262 e. The highest BCUT2D eigenvalue weighted by atomic mass is 19.1. The highest BCUT2D eigenvalue weighted by Crippen LogP contribution is 2.32. The van der Waals surface area contributed by atoms with Gasteiger partial charge in [-0.15, -0.1) is 0 Å². The molecule has 3 aliphatic rings. The summed E-state index contributed by atoms with van der Waals surface area (Å²) in [5.74, 6) is -1.83. The summed E-state index contributed by atoms with van der Waals surface area (Å²) in [6.07, 6.45) is 9.03. The lowest BCUT2D eigenvalue weighted by Crippen LogP contribution is -2.54. The van der Waals surface area contributed by atoms with Gasteiger partial charge in [-0.2, -0.15) is 15.0 Å². The zero-order valence-corrected chi connectivity index (χ0v) is 35.0. The number of nitriles is 1. The number of aromatic nitrogens is 4. The number of Topliss-reactive ketones (excluding diaryl/α,β-unsaturated/α-hetero) is 1. The quantitative estimate of drug-likeness (QED) is 0.0531. The third-order valence-corrected chi connectivity index (χ3v) is 11.3. The van der Waals surface area contributed by atoms with Crippen molar-refractivity contribution in [2.45, 2.75) is 108 Å². The van der Waals surface area contributed by atoms with Gasteiger partial charge in [0.15, 0.2) is 17.2 Å². The molecule has 1 saturated heterocycles. The van der Waals surface area contributed by atoms with E-state index in [0.29, 0.717) is 78.5 Å². The van der Waals surface area contributed by atoms with Crippen molar-refractivity contribution in [2.75, 3.05) is 38.4 Å². The second-order valence-corrected chi connectivity index (χ2v) is 16.4. The lowest BCUT2D eigenvalue weighted by molar-refractivity contribution is -0.136. The number of rotatable bonds is 23. The number of ketones is 1. The van der Waals surface area contributed by atoms with E-state index in [9.17, 15) is 29.2 Å². The van der Waals surface area contributed by atoms with Crippen LogP contribution in [0.25, 0.3) is 16.9 Å². The lowest BCUT2D eigenvalue weighted by atomic mass is 9.96. The topological polar surface area (TPSA) is 208 Å². The standard InChI is InChI=1S/C45H51FN8O8/c1-45(2,37(46)15-14-36(55)33-27-48-38(23-34(33)51-31-11-12-31)54-41-30(26-50-54)22-28(24-47)25-49-41)62-21-20-61-18-5-3-4-17-60-19-7-9-29-8-6-10-32-40(29)44(59)53(43(32)58)35-13-16-39(56)52-42(35)57/h6,8,10,22-23,25-27,31,35,37H,3-5,7,9,11-21H2,1-2H3,(H,48,51)(H,52,56,57). The van der Waals surface area contributed by atoms with Crippen LogP contribution in [0.1, 0.15) is 120 Å². The summed E-state index contributed by atoms with van der Waals surface area (Å²) in [5.41, 5.74) is 2.15. The van der Waals surface area contributed by atoms with Gasteiger partial charge in [0.25, 0.3) is 11.8 Å². The van der Waals surface area contributed by atoms with Crippen LogP contribution in [-0.2, 0) is 30.2 Å². The highest BCUT2D eigenvalue weighted by Gasteiger charge is 2.45. The van der Waals surface area contributed by atoms with E-state index < -0.39 is 41.4 Å². The largest absolute Gasteiger partial charge is 0.382 e. The van der Waals surface area contributed by atoms with Crippen molar-refractivity contribution in [2.24, 2.45) is 0 Å². The first-order valence-electron chi connectivity index (χ1n) is 21.3. The molecule has 1 aromatic carbocycles. The molecule has 2 unspecified atom stereocenters. The molecule has 326 valence electrons. The third kappa shape index (κ3) is 10.4. The molecule has 0 spiro atoms. The summed E-state index contributed by atoms with van der Waals surface area (Å²) < 4.78 is 34.4. The number of amides is 4. The normalized spacial score (nSPS) is 17.0. The summed E-state index contributed by atoms with van der Waals surface area (Å²) in [6, 6.07) is 9.91. The number of carbonyl (C=O) groups is 5. The summed E-state index contributed by atoms with van der Waals surface area (Å²) in [7, 11) is 0. The first-order chi connectivity index (χ1) is 29.9. The molecule has 5 heterocycles. The maximum atomic E-state index is 15.5. The molecule has 1 aliphatic carbocycles. The van der Waals surface area contributed by atoms with E-state index in [4.69, 9.17) is 14.2 Å². The molecule has 4 amide bonds. The number of aryl methyl sites for hydroxylation is 1. The van der Waals surface area contributed by atoms with Crippen LogP contribution >= 0.6 is 0 Å². The number of nitrogens with zero attached hydrogens (tertiary/aromatic N) is 6. The molecule has 2 aliphatic heterocycles.